The molecule has 3 atom stereocenters. The molecule has 0 spiro atoms. The van der Waals surface area contributed by atoms with Gasteiger partial charge >= 0.3 is 0 Å². The van der Waals surface area contributed by atoms with E-state index in [0.29, 0.717) is 17.4 Å². The summed E-state index contributed by atoms with van der Waals surface area (Å²) in [7, 11) is -0.689. The number of hydrogen-bond acceptors (Lipinski definition) is 4. The summed E-state index contributed by atoms with van der Waals surface area (Å²) in [6.45, 7) is 8.11. The van der Waals surface area contributed by atoms with Crippen molar-refractivity contribution in [1.82, 2.24) is 10.6 Å². The van der Waals surface area contributed by atoms with Crippen molar-refractivity contribution in [3.8, 4) is 0 Å². The van der Waals surface area contributed by atoms with Gasteiger partial charge in [0.05, 0.1) is 6.10 Å². The fourth-order valence-corrected chi connectivity index (χ4v) is 4.96. The van der Waals surface area contributed by atoms with Crippen molar-refractivity contribution < 1.29 is 13.7 Å². The highest BCUT2D eigenvalue weighted by molar-refractivity contribution is 14.0. The lowest BCUT2D eigenvalue weighted by molar-refractivity contribution is -0.0318. The number of nitrogens with one attached hydrogen (secondary N) is 2. The average Bonchev–Trinajstić information content (AvgIpc) is 2.68. The van der Waals surface area contributed by atoms with Crippen molar-refractivity contribution in [2.45, 2.75) is 76.2 Å². The number of rotatable bonds is 9. The zero-order valence-corrected chi connectivity index (χ0v) is 20.1. The topological polar surface area (TPSA) is 72.0 Å². The van der Waals surface area contributed by atoms with Crippen LogP contribution in [0.1, 0.15) is 58.8 Å². The molecule has 0 radical (unpaired) electrons. The van der Waals surface area contributed by atoms with E-state index in [9.17, 15) is 4.21 Å². The second kappa shape index (κ2) is 15.0. The third-order valence-electron chi connectivity index (χ3n) is 5.06. The number of guanidine groups is 1. The van der Waals surface area contributed by atoms with E-state index in [1.165, 1.54) is 0 Å². The van der Waals surface area contributed by atoms with Crippen LogP contribution in [-0.2, 0) is 20.3 Å². The van der Waals surface area contributed by atoms with Crippen molar-refractivity contribution >= 4 is 40.7 Å². The summed E-state index contributed by atoms with van der Waals surface area (Å²) >= 11 is 0. The van der Waals surface area contributed by atoms with Crippen LogP contribution in [0.5, 0.6) is 0 Å². The molecule has 8 heteroatoms. The van der Waals surface area contributed by atoms with Gasteiger partial charge in [0.25, 0.3) is 0 Å². The Kier molecular flexibility index (Phi) is 13.9. The van der Waals surface area contributed by atoms with Gasteiger partial charge in [0.2, 0.25) is 0 Å². The molecule has 0 aromatic carbocycles. The van der Waals surface area contributed by atoms with Crippen LogP contribution >= 0.6 is 24.0 Å². The lowest BCUT2D eigenvalue weighted by atomic mass is 9.95. The molecular formula is C19H38IN3O3S. The lowest BCUT2D eigenvalue weighted by Gasteiger charge is -2.30. The summed E-state index contributed by atoms with van der Waals surface area (Å²) in [5.41, 5.74) is 0. The van der Waals surface area contributed by atoms with Crippen LogP contribution in [0.15, 0.2) is 4.99 Å². The molecule has 0 aromatic rings. The highest BCUT2D eigenvalue weighted by Gasteiger charge is 2.26. The molecule has 2 N–H and O–H groups in total. The molecule has 1 aliphatic carbocycles. The van der Waals surface area contributed by atoms with E-state index in [1.807, 2.05) is 6.92 Å². The zero-order chi connectivity index (χ0) is 18.6. The molecule has 160 valence electrons. The van der Waals surface area contributed by atoms with Crippen molar-refractivity contribution in [3.05, 3.63) is 0 Å². The van der Waals surface area contributed by atoms with Gasteiger partial charge in [-0.25, -0.2) is 0 Å². The van der Waals surface area contributed by atoms with E-state index in [-0.39, 0.29) is 24.0 Å². The number of hydrogen-bond donors (Lipinski definition) is 2. The van der Waals surface area contributed by atoms with Gasteiger partial charge in [-0.05, 0) is 45.4 Å². The minimum atomic E-state index is -0.689. The number of halogens is 1. The average molecular weight is 516 g/mol. The summed E-state index contributed by atoms with van der Waals surface area (Å²) < 4.78 is 23.4. The van der Waals surface area contributed by atoms with Crippen LogP contribution in [-0.4, -0.2) is 66.2 Å². The molecule has 6 nitrogen and oxygen atoms in total. The third-order valence-corrected chi connectivity index (χ3v) is 6.80. The Bertz CT molecular complexity index is 448. The Hall–Kier alpha value is 0.0700. The Morgan fingerprint density at radius 2 is 2.00 bits per heavy atom. The van der Waals surface area contributed by atoms with Gasteiger partial charge in [-0.1, -0.05) is 13.3 Å². The van der Waals surface area contributed by atoms with Gasteiger partial charge in [-0.3, -0.25) is 9.20 Å². The number of aliphatic imine (C=N–C) groups is 1. The van der Waals surface area contributed by atoms with Crippen LogP contribution in [0.25, 0.3) is 0 Å². The molecule has 1 aliphatic heterocycles. The maximum absolute atomic E-state index is 12.1. The van der Waals surface area contributed by atoms with E-state index >= 15 is 0 Å². The second-order valence-corrected chi connectivity index (χ2v) is 9.10. The highest BCUT2D eigenvalue weighted by atomic mass is 127. The third kappa shape index (κ3) is 9.89. The fraction of sp³-hybridized carbons (Fsp3) is 0.947. The van der Waals surface area contributed by atoms with Gasteiger partial charge in [0.15, 0.2) is 5.96 Å². The van der Waals surface area contributed by atoms with Gasteiger partial charge < -0.3 is 20.1 Å². The summed E-state index contributed by atoms with van der Waals surface area (Å²) in [5, 5.41) is 7.22. The predicted octanol–water partition coefficient (Wildman–Crippen LogP) is 2.83. The first-order valence-electron chi connectivity index (χ1n) is 10.3. The Morgan fingerprint density at radius 1 is 1.22 bits per heavy atom. The Labute approximate surface area is 184 Å². The zero-order valence-electron chi connectivity index (χ0n) is 16.9. The van der Waals surface area contributed by atoms with Crippen molar-refractivity contribution in [3.63, 3.8) is 0 Å². The molecule has 3 unspecified atom stereocenters. The van der Waals surface area contributed by atoms with Crippen LogP contribution in [0, 0.1) is 0 Å². The monoisotopic (exact) mass is 515 g/mol. The standard InChI is InChI=1S/C19H37N3O3S.HI/c1-3-20-19(21-11-6-12-25-17-9-13-24-14-10-17)22-16-7-5-8-18(15-16)26(23)4-2;/h16-18H,3-15H2,1-2H3,(H2,20,21,22);1H. The summed E-state index contributed by atoms with van der Waals surface area (Å²) in [6.07, 6.45) is 7.67. The molecular weight excluding hydrogens is 477 g/mol. The van der Waals surface area contributed by atoms with Crippen LogP contribution in [0.3, 0.4) is 0 Å². The molecule has 0 bridgehead atoms. The number of ether oxygens (including phenoxy) is 2. The molecule has 0 amide bonds. The Morgan fingerprint density at radius 3 is 2.70 bits per heavy atom. The molecule has 2 aliphatic rings. The first-order valence-corrected chi connectivity index (χ1v) is 11.7. The van der Waals surface area contributed by atoms with Gasteiger partial charge in [-0.15, -0.1) is 24.0 Å². The van der Waals surface area contributed by atoms with Crippen LogP contribution in [0.2, 0.25) is 0 Å². The fourth-order valence-electron chi connectivity index (χ4n) is 3.61. The maximum atomic E-state index is 12.1. The molecule has 2 rings (SSSR count). The summed E-state index contributed by atoms with van der Waals surface area (Å²) in [4.78, 5) is 4.69. The SMILES string of the molecule is CCNC(=NCCCOC1CCOCC1)NC1CCCC(S(=O)CC)C1.I. The van der Waals surface area contributed by atoms with E-state index < -0.39 is 10.8 Å². The van der Waals surface area contributed by atoms with Crippen LogP contribution in [0.4, 0.5) is 0 Å². The molecule has 1 saturated carbocycles. The quantitative estimate of drug-likeness (QED) is 0.214. The Balaban J connectivity index is 0.00000364. The maximum Gasteiger partial charge on any atom is 0.191 e. The van der Waals surface area contributed by atoms with E-state index in [4.69, 9.17) is 14.5 Å². The minimum absolute atomic E-state index is 0. The van der Waals surface area contributed by atoms with Gasteiger partial charge in [0.1, 0.15) is 0 Å². The smallest absolute Gasteiger partial charge is 0.191 e. The first kappa shape index (κ1) is 25.1. The summed E-state index contributed by atoms with van der Waals surface area (Å²) in [6, 6.07) is 0.375. The molecule has 1 heterocycles. The number of nitrogens with zero attached hydrogens (tertiary/aromatic N) is 1. The molecule has 0 aromatic heterocycles. The predicted molar refractivity (Wildman–Crippen MR) is 124 cm³/mol. The first-order chi connectivity index (χ1) is 12.7. The van der Waals surface area contributed by atoms with E-state index in [0.717, 1.165) is 89.6 Å². The van der Waals surface area contributed by atoms with Crippen molar-refractivity contribution in [2.75, 3.05) is 38.7 Å². The van der Waals surface area contributed by atoms with Crippen LogP contribution < -0.4 is 10.6 Å². The largest absolute Gasteiger partial charge is 0.381 e. The van der Waals surface area contributed by atoms with E-state index in [2.05, 4.69) is 17.6 Å². The van der Waals surface area contributed by atoms with Crippen molar-refractivity contribution in [2.24, 2.45) is 4.99 Å². The highest BCUT2D eigenvalue weighted by Crippen LogP contribution is 2.23. The molecule has 1 saturated heterocycles. The second-order valence-electron chi connectivity index (χ2n) is 7.10. The van der Waals surface area contributed by atoms with Gasteiger partial charge in [-0.2, -0.15) is 0 Å². The minimum Gasteiger partial charge on any atom is -0.381 e. The van der Waals surface area contributed by atoms with Gasteiger partial charge in [0, 0.05) is 60.8 Å². The molecule has 2 fully saturated rings. The normalized spacial score (nSPS) is 25.5. The van der Waals surface area contributed by atoms with E-state index in [1.54, 1.807) is 0 Å². The lowest BCUT2D eigenvalue weighted by Crippen LogP contribution is -2.46. The van der Waals surface area contributed by atoms with Crippen molar-refractivity contribution in [1.29, 1.82) is 0 Å². The molecule has 27 heavy (non-hydrogen) atoms. The summed E-state index contributed by atoms with van der Waals surface area (Å²) in [5.74, 6) is 1.64.